The van der Waals surface area contributed by atoms with Crippen LogP contribution in [0, 0.1) is 13.8 Å². The van der Waals surface area contributed by atoms with Crippen molar-refractivity contribution in [2.75, 3.05) is 12.4 Å². The van der Waals surface area contributed by atoms with E-state index in [-0.39, 0.29) is 24.2 Å². The van der Waals surface area contributed by atoms with Gasteiger partial charge in [0.1, 0.15) is 18.6 Å². The topological polar surface area (TPSA) is 201 Å². The van der Waals surface area contributed by atoms with Gasteiger partial charge in [-0.3, -0.25) is 28.7 Å². The summed E-state index contributed by atoms with van der Waals surface area (Å²) < 4.78 is 19.4. The molecule has 0 aromatic carbocycles. The van der Waals surface area contributed by atoms with Gasteiger partial charge in [-0.05, 0) is 13.8 Å². The highest BCUT2D eigenvalue weighted by Crippen LogP contribution is 2.55. The summed E-state index contributed by atoms with van der Waals surface area (Å²) in [6.07, 6.45) is -2.59. The predicted molar refractivity (Wildman–Crippen MR) is 134 cm³/mol. The fourth-order valence-corrected chi connectivity index (χ4v) is 7.77. The number of rotatable bonds is 8. The lowest BCUT2D eigenvalue weighted by molar-refractivity contribution is -0.180. The second-order valence-electron chi connectivity index (χ2n) is 8.82. The van der Waals surface area contributed by atoms with Gasteiger partial charge in [0.2, 0.25) is 0 Å². The molecule has 2 saturated heterocycles. The van der Waals surface area contributed by atoms with Crippen LogP contribution < -0.4 is 27.4 Å². The van der Waals surface area contributed by atoms with Gasteiger partial charge in [0, 0.05) is 47.8 Å². The largest absolute Gasteiger partial charge is 0.793 e. The summed E-state index contributed by atoms with van der Waals surface area (Å²) in [4.78, 5) is 65.0. The maximum absolute atomic E-state index is 13.1. The molecule has 2 aliphatic heterocycles. The van der Waals surface area contributed by atoms with Crippen LogP contribution in [-0.4, -0.2) is 66.1 Å². The third-order valence-electron chi connectivity index (χ3n) is 6.14. The van der Waals surface area contributed by atoms with Gasteiger partial charge >= 0.3 is 11.4 Å². The Bertz CT molecular complexity index is 1440. The summed E-state index contributed by atoms with van der Waals surface area (Å²) in [5.41, 5.74) is -5.62. The molecule has 4 heterocycles. The van der Waals surface area contributed by atoms with Crippen LogP contribution in [0.15, 0.2) is 31.6 Å². The molecular weight excluding hydrogens is 551 g/mol. The van der Waals surface area contributed by atoms with Crippen molar-refractivity contribution in [1.82, 2.24) is 19.1 Å². The zero-order valence-corrected chi connectivity index (χ0v) is 22.3. The summed E-state index contributed by atoms with van der Waals surface area (Å²) in [5, 5.41) is 20.1. The van der Waals surface area contributed by atoms with E-state index in [4.69, 9.17) is 25.8 Å². The highest BCUT2D eigenvalue weighted by atomic mass is 32.9. The quantitative estimate of drug-likeness (QED) is 0.261. The minimum Gasteiger partial charge on any atom is -0.793 e. The molecule has 2 aliphatic rings. The summed E-state index contributed by atoms with van der Waals surface area (Å²) in [5.74, 6) is -0.0189. The molecule has 4 N–H and O–H groups in total. The van der Waals surface area contributed by atoms with Crippen molar-refractivity contribution in [3.8, 4) is 0 Å². The molecule has 17 heteroatoms. The van der Waals surface area contributed by atoms with E-state index in [9.17, 15) is 34.3 Å². The molecule has 2 fully saturated rings. The van der Waals surface area contributed by atoms with Gasteiger partial charge in [0.25, 0.3) is 11.1 Å². The first-order chi connectivity index (χ1) is 17.4. The molecule has 7 atom stereocenters. The predicted octanol–water partition coefficient (Wildman–Crippen LogP) is -1.66. The minimum absolute atomic E-state index is 0.0189. The number of aryl methyl sites for hydroxylation is 2. The van der Waals surface area contributed by atoms with Gasteiger partial charge in [-0.2, -0.15) is 0 Å². The third-order valence-corrected chi connectivity index (χ3v) is 10.3. The van der Waals surface area contributed by atoms with Crippen molar-refractivity contribution < 1.29 is 29.1 Å². The maximum Gasteiger partial charge on any atom is 0.330 e. The number of aromatic amines is 2. The van der Waals surface area contributed by atoms with E-state index in [1.54, 1.807) is 0 Å². The number of ether oxygens (including phenoxy) is 2. The van der Waals surface area contributed by atoms with E-state index in [0.29, 0.717) is 5.56 Å². The van der Waals surface area contributed by atoms with Crippen molar-refractivity contribution in [1.29, 1.82) is 0 Å². The normalized spacial score (nSPS) is 29.4. The zero-order valence-electron chi connectivity index (χ0n) is 19.8. The highest BCUT2D eigenvalue weighted by molar-refractivity contribution is 8.67. The van der Waals surface area contributed by atoms with Gasteiger partial charge < -0.3 is 29.1 Å². The number of aliphatic hydroxyl groups is 2. The fourth-order valence-electron chi connectivity index (χ4n) is 4.14. The molecule has 2 aromatic heterocycles. The SMILES string of the molecule is Cc1cn(C2CC(O)C(CSP([O-])(=S)OC3CC(n4cc(C)c(=O)[nH]c4=O)OC3CO)O2)c(=O)[nH]c1=O. The van der Waals surface area contributed by atoms with Gasteiger partial charge in [-0.1, -0.05) is 11.8 Å². The summed E-state index contributed by atoms with van der Waals surface area (Å²) >= 11 is 5.91. The van der Waals surface area contributed by atoms with E-state index in [0.717, 1.165) is 15.9 Å². The van der Waals surface area contributed by atoms with Crippen LogP contribution in [0.4, 0.5) is 0 Å². The Morgan fingerprint density at radius 1 is 1.05 bits per heavy atom. The van der Waals surface area contributed by atoms with Crippen molar-refractivity contribution in [3.63, 3.8) is 0 Å². The van der Waals surface area contributed by atoms with E-state index in [1.807, 2.05) is 0 Å². The molecule has 2 aromatic rings. The molecule has 0 bridgehead atoms. The van der Waals surface area contributed by atoms with E-state index < -0.39 is 71.7 Å². The average Bonchev–Trinajstić information content (AvgIpc) is 3.39. The van der Waals surface area contributed by atoms with Crippen molar-refractivity contribution in [2.45, 2.75) is 63.6 Å². The number of nitrogens with one attached hydrogen (secondary N) is 2. The molecule has 37 heavy (non-hydrogen) atoms. The van der Waals surface area contributed by atoms with Crippen molar-refractivity contribution in [3.05, 3.63) is 65.2 Å². The number of nitrogens with zero attached hydrogens (tertiary/aromatic N) is 2. The lowest BCUT2D eigenvalue weighted by atomic mass is 10.2. The smallest absolute Gasteiger partial charge is 0.330 e. The van der Waals surface area contributed by atoms with Crippen molar-refractivity contribution in [2.24, 2.45) is 0 Å². The van der Waals surface area contributed by atoms with Crippen LogP contribution in [0.25, 0.3) is 0 Å². The van der Waals surface area contributed by atoms with Crippen LogP contribution in [0.1, 0.15) is 36.4 Å². The molecule has 4 rings (SSSR count). The lowest BCUT2D eigenvalue weighted by Gasteiger charge is -2.32. The summed E-state index contributed by atoms with van der Waals surface area (Å²) in [7, 11) is 0. The number of hydrogen-bond acceptors (Lipinski definition) is 12. The number of aromatic nitrogens is 4. The number of hydrogen-bond donors (Lipinski definition) is 4. The molecule has 204 valence electrons. The third kappa shape index (κ3) is 6.24. The molecule has 7 unspecified atom stereocenters. The second kappa shape index (κ2) is 11.1. The van der Waals surface area contributed by atoms with E-state index in [2.05, 4.69) is 9.97 Å². The highest BCUT2D eigenvalue weighted by Gasteiger charge is 2.40. The summed E-state index contributed by atoms with van der Waals surface area (Å²) in [6.45, 7) is 2.57. The Kier molecular flexibility index (Phi) is 8.43. The fraction of sp³-hybridized carbons (Fsp3) is 0.600. The molecule has 14 nitrogen and oxygen atoms in total. The second-order valence-corrected chi connectivity index (χ2v) is 14.9. The Balaban J connectivity index is 1.39. The Morgan fingerprint density at radius 3 is 2.11 bits per heavy atom. The Hall–Kier alpha value is -1.88. The maximum atomic E-state index is 13.1. The van der Waals surface area contributed by atoms with Gasteiger partial charge in [0.15, 0.2) is 0 Å². The van der Waals surface area contributed by atoms with Gasteiger partial charge in [0.05, 0.1) is 24.9 Å². The first-order valence-corrected chi connectivity index (χ1v) is 15.5. The van der Waals surface area contributed by atoms with Gasteiger partial charge in [-0.25, -0.2) is 9.59 Å². The van der Waals surface area contributed by atoms with E-state index >= 15 is 0 Å². The van der Waals surface area contributed by atoms with Crippen LogP contribution in [-0.2, 0) is 25.8 Å². The Labute approximate surface area is 218 Å². The Morgan fingerprint density at radius 2 is 1.57 bits per heavy atom. The monoisotopic (exact) mass is 577 g/mol. The summed E-state index contributed by atoms with van der Waals surface area (Å²) in [6, 6.07) is 0. The average molecular weight is 578 g/mol. The van der Waals surface area contributed by atoms with Crippen LogP contribution >= 0.6 is 17.1 Å². The van der Waals surface area contributed by atoms with Crippen molar-refractivity contribution >= 4 is 28.9 Å². The zero-order chi connectivity index (χ0) is 27.1. The number of aliphatic hydroxyl groups excluding tert-OH is 2. The molecule has 0 spiro atoms. The lowest BCUT2D eigenvalue weighted by Crippen LogP contribution is -2.33. The first-order valence-electron chi connectivity index (χ1n) is 11.3. The molecule has 0 amide bonds. The minimum atomic E-state index is -3.78. The van der Waals surface area contributed by atoms with Crippen LogP contribution in [0.3, 0.4) is 0 Å². The van der Waals surface area contributed by atoms with E-state index in [1.165, 1.54) is 30.8 Å². The standard InChI is InChI=1S/C20H27N4O10PS2/c1-9-5-23(19(29)21-17(9)27)15-3-11(26)14(33-15)8-37-35(31,36)34-12-4-16(32-13(12)7-25)24-6-10(2)18(28)22-20(24)30/h5-6,11-16,25-26H,3-4,7-8H2,1-2H3,(H,31,36)(H,21,27,29)(H,22,28,30)/p-1. The van der Waals surface area contributed by atoms with Crippen LogP contribution in [0.2, 0.25) is 0 Å². The molecule has 0 saturated carbocycles. The first kappa shape index (κ1) is 28.1. The molecule has 0 radical (unpaired) electrons. The number of H-pyrrole nitrogens is 2. The molecular formula is C20H26N4O10PS2-. The van der Waals surface area contributed by atoms with Gasteiger partial charge in [-0.15, -0.1) is 11.4 Å². The molecule has 0 aliphatic carbocycles. The van der Waals surface area contributed by atoms with Crippen LogP contribution in [0.5, 0.6) is 0 Å².